The number of nitro benzene ring substituents is 1. The molecule has 0 aliphatic heterocycles. The van der Waals surface area contributed by atoms with Gasteiger partial charge in [-0.15, -0.1) is 9.24 Å². The van der Waals surface area contributed by atoms with Gasteiger partial charge >= 0.3 is 5.97 Å². The van der Waals surface area contributed by atoms with E-state index in [1.165, 1.54) is 13.0 Å². The number of esters is 1. The highest BCUT2D eigenvalue weighted by atomic mass is 31.0. The van der Waals surface area contributed by atoms with Gasteiger partial charge in [-0.25, -0.2) is 0 Å². The van der Waals surface area contributed by atoms with E-state index in [2.05, 4.69) is 9.24 Å². The molecule has 0 saturated carbocycles. The standard InChI is InChI=1S/C15H19NO5.CH4BP/c1-4-15(18)21-11(3)13-9-12(6-5-10(2)17)7-8-14(13)16(19)20;2-1-3/h7-9,11H,4-6H2,1-3H3;1,3H2. The number of carbonyl (C=O) groups is 2. The molecule has 6 nitrogen and oxygen atoms in total. The first kappa shape index (κ1) is 22.3. The Balaban J connectivity index is 0.00000163. The fourth-order valence-electron chi connectivity index (χ4n) is 1.92. The predicted molar refractivity (Wildman–Crippen MR) is 97.2 cm³/mol. The van der Waals surface area contributed by atoms with Gasteiger partial charge in [-0.2, -0.15) is 0 Å². The van der Waals surface area contributed by atoms with Crippen LogP contribution in [0.4, 0.5) is 5.69 Å². The minimum atomic E-state index is -0.699. The Morgan fingerprint density at radius 3 is 2.46 bits per heavy atom. The van der Waals surface area contributed by atoms with E-state index < -0.39 is 17.0 Å². The highest BCUT2D eigenvalue weighted by Crippen LogP contribution is 2.29. The van der Waals surface area contributed by atoms with Crippen LogP contribution in [-0.4, -0.2) is 30.6 Å². The molecule has 2 radical (unpaired) electrons. The molecule has 0 spiro atoms. The number of nitro groups is 1. The summed E-state index contributed by atoms with van der Waals surface area (Å²) >= 11 is 0. The van der Waals surface area contributed by atoms with E-state index in [-0.39, 0.29) is 17.9 Å². The summed E-state index contributed by atoms with van der Waals surface area (Å²) in [5.74, 6) is -0.355. The van der Waals surface area contributed by atoms with E-state index in [0.29, 0.717) is 24.5 Å². The van der Waals surface area contributed by atoms with Gasteiger partial charge in [0.25, 0.3) is 5.69 Å². The molecule has 0 N–H and O–H groups in total. The second-order valence-corrected chi connectivity index (χ2v) is 5.55. The van der Waals surface area contributed by atoms with Crippen molar-refractivity contribution in [1.82, 2.24) is 0 Å². The summed E-state index contributed by atoms with van der Waals surface area (Å²) < 4.78 is 5.15. The van der Waals surface area contributed by atoms with Crippen molar-refractivity contribution >= 4 is 34.5 Å². The molecule has 0 saturated heterocycles. The van der Waals surface area contributed by atoms with Crippen LogP contribution < -0.4 is 0 Å². The van der Waals surface area contributed by atoms with Gasteiger partial charge < -0.3 is 9.53 Å². The van der Waals surface area contributed by atoms with Crippen LogP contribution in [0, 0.1) is 10.1 Å². The van der Waals surface area contributed by atoms with Crippen molar-refractivity contribution < 1.29 is 19.2 Å². The molecule has 2 atom stereocenters. The van der Waals surface area contributed by atoms with Gasteiger partial charge in [-0.3, -0.25) is 14.9 Å². The molecule has 2 unspecified atom stereocenters. The average molecular weight is 351 g/mol. The largest absolute Gasteiger partial charge is 0.458 e. The molecular weight excluding hydrogens is 328 g/mol. The van der Waals surface area contributed by atoms with Crippen LogP contribution in [0.3, 0.4) is 0 Å². The molecule has 0 aromatic heterocycles. The summed E-state index contributed by atoms with van der Waals surface area (Å²) in [5.41, 5.74) is 1.08. The minimum Gasteiger partial charge on any atom is -0.458 e. The summed E-state index contributed by atoms with van der Waals surface area (Å²) in [6.45, 7) is 4.76. The number of aryl methyl sites for hydroxylation is 1. The lowest BCUT2D eigenvalue weighted by molar-refractivity contribution is -0.386. The second-order valence-electron chi connectivity index (χ2n) is 5.07. The third-order valence-corrected chi connectivity index (χ3v) is 3.09. The Bertz CT molecular complexity index is 580. The predicted octanol–water partition coefficient (Wildman–Crippen LogP) is 3.12. The van der Waals surface area contributed by atoms with Crippen molar-refractivity contribution in [2.24, 2.45) is 0 Å². The van der Waals surface area contributed by atoms with Crippen molar-refractivity contribution in [2.75, 3.05) is 6.06 Å². The number of rotatable bonds is 7. The lowest BCUT2D eigenvalue weighted by Crippen LogP contribution is -2.10. The minimum absolute atomic E-state index is 0.0559. The normalized spacial score (nSPS) is 11.0. The molecule has 8 heteroatoms. The Morgan fingerprint density at radius 2 is 2.00 bits per heavy atom. The topological polar surface area (TPSA) is 86.5 Å². The number of nitrogens with zero attached hydrogens (tertiary/aromatic N) is 1. The monoisotopic (exact) mass is 351 g/mol. The Labute approximate surface area is 146 Å². The third-order valence-electron chi connectivity index (χ3n) is 3.09. The third kappa shape index (κ3) is 8.20. The number of Topliss-reactive ketones (excluding diaryl/α,β-unsaturated/α-hetero) is 1. The first-order valence-electron chi connectivity index (χ1n) is 7.63. The molecule has 1 rings (SSSR count). The molecule has 1 aromatic carbocycles. The lowest BCUT2D eigenvalue weighted by atomic mass is 10.0. The van der Waals surface area contributed by atoms with Crippen LogP contribution in [0.25, 0.3) is 0 Å². The molecule has 0 bridgehead atoms. The molecule has 0 fully saturated rings. The summed E-state index contributed by atoms with van der Waals surface area (Å²) in [6, 6.07) is 5.31. The first-order chi connectivity index (χ1) is 11.3. The molecule has 1 aromatic rings. The second kappa shape index (κ2) is 11.7. The zero-order chi connectivity index (χ0) is 18.7. The van der Waals surface area contributed by atoms with Gasteiger partial charge in [-0.05, 0) is 31.9 Å². The number of ether oxygens (including phenoxy) is 1. The van der Waals surface area contributed by atoms with Gasteiger partial charge in [0.15, 0.2) is 0 Å². The van der Waals surface area contributed by atoms with E-state index in [4.69, 9.17) is 12.6 Å². The smallest absolute Gasteiger partial charge is 0.306 e. The zero-order valence-corrected chi connectivity index (χ0v) is 15.4. The van der Waals surface area contributed by atoms with E-state index in [9.17, 15) is 19.7 Å². The van der Waals surface area contributed by atoms with Crippen LogP contribution >= 0.6 is 9.24 Å². The molecule has 0 amide bonds. The maximum absolute atomic E-state index is 11.3. The lowest BCUT2D eigenvalue weighted by Gasteiger charge is -2.14. The highest BCUT2D eigenvalue weighted by Gasteiger charge is 2.22. The fraction of sp³-hybridized carbons (Fsp3) is 0.500. The fourth-order valence-corrected chi connectivity index (χ4v) is 1.92. The maximum Gasteiger partial charge on any atom is 0.306 e. The Kier molecular flexibility index (Phi) is 10.9. The summed E-state index contributed by atoms with van der Waals surface area (Å²) in [7, 11) is 7.17. The van der Waals surface area contributed by atoms with Gasteiger partial charge in [0.1, 0.15) is 11.9 Å². The van der Waals surface area contributed by atoms with Gasteiger partial charge in [0.2, 0.25) is 0 Å². The van der Waals surface area contributed by atoms with Gasteiger partial charge in [0, 0.05) is 18.9 Å². The van der Waals surface area contributed by atoms with Crippen LogP contribution in [0.2, 0.25) is 0 Å². The van der Waals surface area contributed by atoms with E-state index >= 15 is 0 Å². The summed E-state index contributed by atoms with van der Waals surface area (Å²) in [6.07, 6.45) is 0.396. The number of hydrogen-bond acceptors (Lipinski definition) is 5. The number of carbonyl (C=O) groups excluding carboxylic acids is 2. The highest BCUT2D eigenvalue weighted by molar-refractivity contribution is 7.19. The summed E-state index contributed by atoms with van der Waals surface area (Å²) in [5, 5.41) is 11.1. The molecule has 0 aliphatic rings. The SMILES string of the molecule is CCC(=O)OC(C)c1cc(CCC(C)=O)ccc1[N+](=O)[O-].[B]CP. The van der Waals surface area contributed by atoms with Crippen LogP contribution in [0.15, 0.2) is 18.2 Å². The van der Waals surface area contributed by atoms with Crippen LogP contribution in [-0.2, 0) is 20.7 Å². The maximum atomic E-state index is 11.3. The Morgan fingerprint density at radius 1 is 1.42 bits per heavy atom. The average Bonchev–Trinajstić information content (AvgIpc) is 2.53. The summed E-state index contributed by atoms with van der Waals surface area (Å²) in [4.78, 5) is 32.9. The molecule has 24 heavy (non-hydrogen) atoms. The number of hydrogen-bond donors (Lipinski definition) is 0. The quantitative estimate of drug-likeness (QED) is 0.248. The van der Waals surface area contributed by atoms with Crippen molar-refractivity contribution in [3.05, 3.63) is 39.4 Å². The van der Waals surface area contributed by atoms with Gasteiger partial charge in [0.05, 0.1) is 18.3 Å². The van der Waals surface area contributed by atoms with Crippen molar-refractivity contribution in [3.63, 3.8) is 0 Å². The Hall–Kier alpha value is -1.75. The molecule has 0 aliphatic carbocycles. The van der Waals surface area contributed by atoms with Crippen LogP contribution in [0.1, 0.15) is 50.8 Å². The number of ketones is 1. The van der Waals surface area contributed by atoms with Gasteiger partial charge in [-0.1, -0.05) is 19.1 Å². The van der Waals surface area contributed by atoms with Crippen molar-refractivity contribution in [1.29, 1.82) is 0 Å². The van der Waals surface area contributed by atoms with E-state index in [0.717, 1.165) is 5.56 Å². The first-order valence-corrected chi connectivity index (χ1v) is 8.44. The van der Waals surface area contributed by atoms with Crippen LogP contribution in [0.5, 0.6) is 0 Å². The molecular formula is C16H23BNO5P. The molecule has 0 heterocycles. The van der Waals surface area contributed by atoms with E-state index in [1.807, 2.05) is 0 Å². The number of benzene rings is 1. The van der Waals surface area contributed by atoms with Crippen molar-refractivity contribution in [3.8, 4) is 0 Å². The molecule has 130 valence electrons. The van der Waals surface area contributed by atoms with Crippen molar-refractivity contribution in [2.45, 2.75) is 46.1 Å². The van der Waals surface area contributed by atoms with E-state index in [1.54, 1.807) is 26.0 Å². The zero-order valence-electron chi connectivity index (χ0n) is 14.3.